The molecule has 2 rings (SSSR count). The lowest BCUT2D eigenvalue weighted by atomic mass is 10.2. The highest BCUT2D eigenvalue weighted by Gasteiger charge is 2.15. The Morgan fingerprint density at radius 2 is 2.00 bits per heavy atom. The molecule has 1 aliphatic rings. The van der Waals surface area contributed by atoms with Crippen LogP contribution in [0, 0.1) is 0 Å². The predicted molar refractivity (Wildman–Crippen MR) is 71.2 cm³/mol. The van der Waals surface area contributed by atoms with Gasteiger partial charge in [0.25, 0.3) is 0 Å². The van der Waals surface area contributed by atoms with Gasteiger partial charge in [-0.2, -0.15) is 0 Å². The third kappa shape index (κ3) is 3.43. The minimum absolute atomic E-state index is 0.0510. The number of hydrogen-bond donors (Lipinski definition) is 2. The fourth-order valence-corrected chi connectivity index (χ4v) is 2.08. The van der Waals surface area contributed by atoms with Crippen molar-refractivity contribution in [3.8, 4) is 0 Å². The van der Waals surface area contributed by atoms with Crippen molar-refractivity contribution in [2.45, 2.75) is 32.2 Å². The van der Waals surface area contributed by atoms with E-state index >= 15 is 0 Å². The van der Waals surface area contributed by atoms with E-state index in [1.807, 2.05) is 11.0 Å². The van der Waals surface area contributed by atoms with Crippen LogP contribution in [-0.2, 0) is 6.54 Å². The summed E-state index contributed by atoms with van der Waals surface area (Å²) in [5, 5.41) is 2.83. The molecule has 5 heteroatoms. The topological polar surface area (TPSA) is 71.2 Å². The molecule has 0 unspecified atom stereocenters. The lowest BCUT2D eigenvalue weighted by molar-refractivity contribution is 0.213. The SMILES string of the molecule is NCc1ccc(NC(=O)N2CCCCCC2)nc1. The molecule has 0 aliphatic carbocycles. The van der Waals surface area contributed by atoms with Crippen LogP contribution in [0.1, 0.15) is 31.2 Å². The number of pyridine rings is 1. The molecule has 1 saturated heterocycles. The lowest BCUT2D eigenvalue weighted by Gasteiger charge is -2.20. The normalized spacial score (nSPS) is 16.2. The summed E-state index contributed by atoms with van der Waals surface area (Å²) in [6.45, 7) is 2.15. The summed E-state index contributed by atoms with van der Waals surface area (Å²) in [6.07, 6.45) is 6.30. The number of amides is 2. The van der Waals surface area contributed by atoms with Gasteiger partial charge in [-0.3, -0.25) is 5.32 Å². The van der Waals surface area contributed by atoms with Crippen molar-refractivity contribution < 1.29 is 4.79 Å². The van der Waals surface area contributed by atoms with Crippen LogP contribution in [0.5, 0.6) is 0 Å². The van der Waals surface area contributed by atoms with Crippen molar-refractivity contribution in [3.63, 3.8) is 0 Å². The van der Waals surface area contributed by atoms with Gasteiger partial charge in [-0.05, 0) is 24.5 Å². The minimum Gasteiger partial charge on any atom is -0.326 e. The standard InChI is InChI=1S/C13H20N4O/c14-9-11-5-6-12(15-10-11)16-13(18)17-7-3-1-2-4-8-17/h5-6,10H,1-4,7-9,14H2,(H,15,16,18). The van der Waals surface area contributed by atoms with Crippen molar-refractivity contribution in [1.82, 2.24) is 9.88 Å². The van der Waals surface area contributed by atoms with Crippen LogP contribution >= 0.6 is 0 Å². The summed E-state index contributed by atoms with van der Waals surface area (Å²) in [6, 6.07) is 3.62. The second kappa shape index (κ2) is 6.35. The molecule has 0 aromatic carbocycles. The predicted octanol–water partition coefficient (Wildman–Crippen LogP) is 1.95. The average Bonchev–Trinajstić information content (AvgIpc) is 2.68. The van der Waals surface area contributed by atoms with Crippen molar-refractivity contribution in [3.05, 3.63) is 23.9 Å². The quantitative estimate of drug-likeness (QED) is 0.840. The Kier molecular flexibility index (Phi) is 4.52. The van der Waals surface area contributed by atoms with E-state index in [4.69, 9.17) is 5.73 Å². The second-order valence-corrected chi connectivity index (χ2v) is 4.59. The van der Waals surface area contributed by atoms with Gasteiger partial charge < -0.3 is 10.6 Å². The first-order valence-electron chi connectivity index (χ1n) is 6.50. The highest BCUT2D eigenvalue weighted by atomic mass is 16.2. The molecule has 98 valence electrons. The largest absolute Gasteiger partial charge is 0.326 e. The minimum atomic E-state index is -0.0510. The van der Waals surface area contributed by atoms with E-state index in [0.29, 0.717) is 12.4 Å². The number of carbonyl (C=O) groups is 1. The van der Waals surface area contributed by atoms with Gasteiger partial charge in [0.2, 0.25) is 0 Å². The molecule has 2 amide bonds. The smallest absolute Gasteiger partial charge is 0.323 e. The van der Waals surface area contributed by atoms with Crippen molar-refractivity contribution in [2.24, 2.45) is 5.73 Å². The van der Waals surface area contributed by atoms with Gasteiger partial charge in [-0.1, -0.05) is 18.9 Å². The Morgan fingerprint density at radius 1 is 1.28 bits per heavy atom. The third-order valence-corrected chi connectivity index (χ3v) is 3.19. The maximum absolute atomic E-state index is 12.0. The Bertz CT molecular complexity index is 382. The average molecular weight is 248 g/mol. The van der Waals surface area contributed by atoms with Crippen LogP contribution < -0.4 is 11.1 Å². The molecule has 1 aromatic rings. The van der Waals surface area contributed by atoms with Crippen molar-refractivity contribution in [2.75, 3.05) is 18.4 Å². The van der Waals surface area contributed by atoms with Gasteiger partial charge in [0.05, 0.1) is 0 Å². The Labute approximate surface area is 107 Å². The summed E-state index contributed by atoms with van der Waals surface area (Å²) >= 11 is 0. The van der Waals surface area contributed by atoms with E-state index in [0.717, 1.165) is 31.5 Å². The number of rotatable bonds is 2. The van der Waals surface area contributed by atoms with Crippen LogP contribution in [0.4, 0.5) is 10.6 Å². The van der Waals surface area contributed by atoms with Gasteiger partial charge in [0.1, 0.15) is 5.82 Å². The molecule has 18 heavy (non-hydrogen) atoms. The number of aromatic nitrogens is 1. The number of nitrogens with two attached hydrogens (primary N) is 1. The molecule has 5 nitrogen and oxygen atoms in total. The van der Waals surface area contributed by atoms with Crippen LogP contribution in [0.3, 0.4) is 0 Å². The molecule has 0 saturated carbocycles. The van der Waals surface area contributed by atoms with Gasteiger partial charge in [-0.25, -0.2) is 9.78 Å². The Morgan fingerprint density at radius 3 is 2.56 bits per heavy atom. The Balaban J connectivity index is 1.92. The van der Waals surface area contributed by atoms with E-state index in [1.165, 1.54) is 12.8 Å². The van der Waals surface area contributed by atoms with Crippen molar-refractivity contribution >= 4 is 11.8 Å². The zero-order chi connectivity index (χ0) is 12.8. The first-order valence-corrected chi connectivity index (χ1v) is 6.50. The number of nitrogens with zero attached hydrogens (tertiary/aromatic N) is 2. The molecule has 0 spiro atoms. The lowest BCUT2D eigenvalue weighted by Crippen LogP contribution is -2.35. The number of anilines is 1. The summed E-state index contributed by atoms with van der Waals surface area (Å²) in [5.74, 6) is 0.585. The van der Waals surface area contributed by atoms with E-state index in [9.17, 15) is 4.79 Å². The van der Waals surface area contributed by atoms with Gasteiger partial charge >= 0.3 is 6.03 Å². The van der Waals surface area contributed by atoms with Crippen molar-refractivity contribution in [1.29, 1.82) is 0 Å². The molecule has 0 atom stereocenters. The molecule has 0 radical (unpaired) electrons. The van der Waals surface area contributed by atoms with Crippen LogP contribution in [0.15, 0.2) is 18.3 Å². The monoisotopic (exact) mass is 248 g/mol. The maximum atomic E-state index is 12.0. The van der Waals surface area contributed by atoms with Gasteiger partial charge in [0, 0.05) is 25.8 Å². The van der Waals surface area contributed by atoms with E-state index in [-0.39, 0.29) is 6.03 Å². The summed E-state index contributed by atoms with van der Waals surface area (Å²) < 4.78 is 0. The molecule has 1 aliphatic heterocycles. The fraction of sp³-hybridized carbons (Fsp3) is 0.538. The highest BCUT2D eigenvalue weighted by Crippen LogP contribution is 2.11. The van der Waals surface area contributed by atoms with Crippen LogP contribution in [0.25, 0.3) is 0 Å². The maximum Gasteiger partial charge on any atom is 0.323 e. The molecule has 1 aromatic heterocycles. The Hall–Kier alpha value is -1.62. The summed E-state index contributed by atoms with van der Waals surface area (Å²) in [5.41, 5.74) is 6.46. The van der Waals surface area contributed by atoms with E-state index in [1.54, 1.807) is 12.3 Å². The number of nitrogens with one attached hydrogen (secondary N) is 1. The van der Waals surface area contributed by atoms with Crippen LogP contribution in [-0.4, -0.2) is 29.0 Å². The molecule has 0 bridgehead atoms. The molecule has 2 heterocycles. The summed E-state index contributed by atoms with van der Waals surface area (Å²) in [7, 11) is 0. The fourth-order valence-electron chi connectivity index (χ4n) is 2.08. The first-order chi connectivity index (χ1) is 8.79. The molecular weight excluding hydrogens is 228 g/mol. The van der Waals surface area contributed by atoms with E-state index < -0.39 is 0 Å². The second-order valence-electron chi connectivity index (χ2n) is 4.59. The highest BCUT2D eigenvalue weighted by molar-refractivity contribution is 5.88. The molecule has 1 fully saturated rings. The third-order valence-electron chi connectivity index (χ3n) is 3.19. The number of likely N-dealkylation sites (tertiary alicyclic amines) is 1. The first kappa shape index (κ1) is 12.8. The molecule has 3 N–H and O–H groups in total. The number of hydrogen-bond acceptors (Lipinski definition) is 3. The van der Waals surface area contributed by atoms with E-state index in [2.05, 4.69) is 10.3 Å². The van der Waals surface area contributed by atoms with Gasteiger partial charge in [-0.15, -0.1) is 0 Å². The van der Waals surface area contributed by atoms with Gasteiger partial charge in [0.15, 0.2) is 0 Å². The summed E-state index contributed by atoms with van der Waals surface area (Å²) in [4.78, 5) is 18.1. The zero-order valence-corrected chi connectivity index (χ0v) is 10.6. The van der Waals surface area contributed by atoms with Crippen LogP contribution in [0.2, 0.25) is 0 Å². The number of carbonyl (C=O) groups excluding carboxylic acids is 1. The number of urea groups is 1. The zero-order valence-electron chi connectivity index (χ0n) is 10.6. The molecular formula is C13H20N4O.